The third kappa shape index (κ3) is 14.8. The third-order valence-corrected chi connectivity index (χ3v) is 12.9. The fraction of sp³-hybridized carbons (Fsp3) is 0.524. The number of allylic oxidation sites excluding steroid dienone is 3. The van der Waals surface area contributed by atoms with Crippen LogP contribution in [0.1, 0.15) is 76.7 Å². The highest BCUT2D eigenvalue weighted by Gasteiger charge is 2.43. The number of methoxy groups -OCH3 is 1. The van der Waals surface area contributed by atoms with Crippen LogP contribution in [0.2, 0.25) is 0 Å². The molecule has 1 aromatic carbocycles. The van der Waals surface area contributed by atoms with E-state index >= 15 is 0 Å². The van der Waals surface area contributed by atoms with Gasteiger partial charge in [-0.3, -0.25) is 18.5 Å². The van der Waals surface area contributed by atoms with Crippen LogP contribution < -0.4 is 14.8 Å². The van der Waals surface area contributed by atoms with Gasteiger partial charge in [-0.25, -0.2) is 4.58 Å². The van der Waals surface area contributed by atoms with Gasteiger partial charge < -0.3 is 28.6 Å². The molecule has 1 aliphatic carbocycles. The van der Waals surface area contributed by atoms with E-state index in [1.807, 2.05) is 35.8 Å². The zero-order valence-electron chi connectivity index (χ0n) is 35.8. The molecule has 0 aromatic heterocycles. The Bertz CT molecular complexity index is 2470. The molecule has 1 unspecified atom stereocenters. The first-order chi connectivity index (χ1) is 28.9. The van der Waals surface area contributed by atoms with Crippen molar-refractivity contribution in [1.29, 1.82) is 0 Å². The summed E-state index contributed by atoms with van der Waals surface area (Å²) in [6.45, 7) is 10.7. The molecule has 0 saturated carbocycles. The summed E-state index contributed by atoms with van der Waals surface area (Å²) < 4.78 is 124. The van der Waals surface area contributed by atoms with E-state index in [0.29, 0.717) is 74.6 Å². The molecule has 344 valence electrons. The van der Waals surface area contributed by atoms with Crippen LogP contribution in [-0.2, 0) is 60.2 Å². The van der Waals surface area contributed by atoms with Crippen molar-refractivity contribution in [2.75, 3.05) is 76.2 Å². The first-order valence-corrected chi connectivity index (χ1v) is 24.8. The van der Waals surface area contributed by atoms with Gasteiger partial charge in [0.1, 0.15) is 24.7 Å². The first kappa shape index (κ1) is 50.7. The highest BCUT2D eigenvalue weighted by Crippen LogP contribution is 2.51. The molecule has 0 radical (unpaired) electrons. The van der Waals surface area contributed by atoms with Gasteiger partial charge in [0.2, 0.25) is 5.36 Å². The molecule has 0 fully saturated rings. The lowest BCUT2D eigenvalue weighted by Crippen LogP contribution is -2.35. The number of carboxylic acids is 1. The van der Waals surface area contributed by atoms with Crippen LogP contribution in [0.15, 0.2) is 69.6 Å². The second kappa shape index (κ2) is 21.6. The maximum Gasteiger partial charge on any atom is 0.303 e. The summed E-state index contributed by atoms with van der Waals surface area (Å²) in [4.78, 5) is 13.0. The van der Waals surface area contributed by atoms with Gasteiger partial charge in [0.25, 0.3) is 30.4 Å². The van der Waals surface area contributed by atoms with E-state index in [1.165, 1.54) is 18.2 Å². The van der Waals surface area contributed by atoms with Gasteiger partial charge in [0, 0.05) is 54.9 Å². The highest BCUT2D eigenvalue weighted by molar-refractivity contribution is 7.86. The summed E-state index contributed by atoms with van der Waals surface area (Å²) in [5, 5.41) is 10.2. The number of rotatable bonds is 24. The van der Waals surface area contributed by atoms with E-state index in [2.05, 4.69) is 20.8 Å². The molecule has 17 nitrogen and oxygen atoms in total. The fourth-order valence-corrected chi connectivity index (χ4v) is 8.96. The lowest BCUT2D eigenvalue weighted by atomic mass is 9.77. The number of anilines is 1. The molecule has 0 saturated heterocycles. The van der Waals surface area contributed by atoms with Gasteiger partial charge >= 0.3 is 5.97 Å². The van der Waals surface area contributed by atoms with Crippen molar-refractivity contribution in [2.45, 2.75) is 75.5 Å². The van der Waals surface area contributed by atoms with Gasteiger partial charge in [-0.2, -0.15) is 25.3 Å². The molecule has 0 spiro atoms. The van der Waals surface area contributed by atoms with Crippen molar-refractivity contribution >= 4 is 48.1 Å². The molecule has 1 atom stereocenters. The van der Waals surface area contributed by atoms with Gasteiger partial charge in [-0.15, -0.1) is 0 Å². The number of carboxylic acid groups (broad SMARTS) is 1. The third-order valence-electron chi connectivity index (χ3n) is 10.5. The van der Waals surface area contributed by atoms with E-state index in [4.69, 9.17) is 18.6 Å². The maximum atomic E-state index is 12.2. The van der Waals surface area contributed by atoms with E-state index in [1.54, 1.807) is 30.2 Å². The SMILES string of the molecule is COCCOCCOCC[N+](CCCS(=O)(=O)O)=c1ccc2c(C(C)(C)C)cc(/C=C/C=C3/N(CCCS(=O)(=O)O)c4ccc(S(=O)(=O)O)cc4C3(C)CCCC(=O)O)oc-2c1. The van der Waals surface area contributed by atoms with Crippen LogP contribution in [-0.4, -0.2) is 121 Å². The first-order valence-electron chi connectivity index (χ1n) is 20.1. The molecule has 62 heavy (non-hydrogen) atoms. The maximum absolute atomic E-state index is 12.2. The Kier molecular flexibility index (Phi) is 17.6. The Morgan fingerprint density at radius 3 is 2.15 bits per heavy atom. The van der Waals surface area contributed by atoms with Crippen LogP contribution in [0.25, 0.3) is 17.4 Å². The number of nitrogens with zero attached hydrogens (tertiary/aromatic N) is 2. The normalized spacial score (nSPS) is 17.4. The van der Waals surface area contributed by atoms with Crippen molar-refractivity contribution in [1.82, 2.24) is 4.58 Å². The molecule has 3 aliphatic rings. The minimum absolute atomic E-state index is 0.00409. The van der Waals surface area contributed by atoms with E-state index in [9.17, 15) is 48.8 Å². The summed E-state index contributed by atoms with van der Waals surface area (Å²) in [7, 11) is -11.5. The molecule has 0 amide bonds. The average molecular weight is 928 g/mol. The Hall–Kier alpha value is -3.99. The quantitative estimate of drug-likeness (QED) is 0.0532. The summed E-state index contributed by atoms with van der Waals surface area (Å²) in [6.07, 6.45) is 5.69. The number of fused-ring (bicyclic) bond motifs is 2. The van der Waals surface area contributed by atoms with E-state index in [-0.39, 0.29) is 49.0 Å². The van der Waals surface area contributed by atoms with E-state index < -0.39 is 53.2 Å². The lowest BCUT2D eigenvalue weighted by molar-refractivity contribution is -0.137. The number of ether oxygens (including phenoxy) is 3. The molecule has 2 heterocycles. The second-order valence-corrected chi connectivity index (χ2v) is 20.8. The molecule has 1 aromatic rings. The molecule has 4 N–H and O–H groups in total. The Morgan fingerprint density at radius 1 is 0.855 bits per heavy atom. The second-order valence-electron chi connectivity index (χ2n) is 16.3. The molecular formula is C42H59N2O15S3+. The fourth-order valence-electron chi connectivity index (χ4n) is 7.47. The molecule has 4 rings (SSSR count). The summed E-state index contributed by atoms with van der Waals surface area (Å²) in [5.41, 5.74) is 2.07. The van der Waals surface area contributed by atoms with Gasteiger partial charge in [0.05, 0.1) is 48.9 Å². The number of carbonyl (C=O) groups is 1. The van der Waals surface area contributed by atoms with Crippen molar-refractivity contribution in [3.8, 4) is 11.3 Å². The molecule has 20 heteroatoms. The summed E-state index contributed by atoms with van der Waals surface area (Å²) >= 11 is 0. The van der Waals surface area contributed by atoms with Crippen molar-refractivity contribution in [3.05, 3.63) is 82.6 Å². The van der Waals surface area contributed by atoms with Crippen LogP contribution >= 0.6 is 0 Å². The average Bonchev–Trinajstić information content (AvgIpc) is 3.38. The van der Waals surface area contributed by atoms with E-state index in [0.717, 1.165) is 16.5 Å². The number of hydrogen-bond acceptors (Lipinski definition) is 12. The largest absolute Gasteiger partial charge is 0.481 e. The number of benzene rings is 2. The molecule has 2 aliphatic heterocycles. The Morgan fingerprint density at radius 2 is 1.52 bits per heavy atom. The van der Waals surface area contributed by atoms with Crippen LogP contribution in [0.3, 0.4) is 0 Å². The van der Waals surface area contributed by atoms with Crippen LogP contribution in [0.4, 0.5) is 5.69 Å². The summed E-state index contributed by atoms with van der Waals surface area (Å²) in [5.74, 6) is -0.980. The minimum atomic E-state index is -4.62. The zero-order chi connectivity index (χ0) is 45.9. The number of hydrogen-bond donors (Lipinski definition) is 4. The minimum Gasteiger partial charge on any atom is -0.481 e. The monoisotopic (exact) mass is 927 g/mol. The predicted molar refractivity (Wildman–Crippen MR) is 234 cm³/mol. The molecule has 0 bridgehead atoms. The van der Waals surface area contributed by atoms with Crippen LogP contribution in [0, 0.1) is 0 Å². The van der Waals surface area contributed by atoms with Gasteiger partial charge in [-0.05, 0) is 85.2 Å². The Labute approximate surface area is 364 Å². The predicted octanol–water partition coefficient (Wildman–Crippen LogP) is 4.87. The van der Waals surface area contributed by atoms with Gasteiger partial charge in [0.15, 0.2) is 6.54 Å². The van der Waals surface area contributed by atoms with Crippen LogP contribution in [0.5, 0.6) is 0 Å². The van der Waals surface area contributed by atoms with Crippen molar-refractivity contribution in [2.24, 2.45) is 0 Å². The molecular weight excluding hydrogens is 869 g/mol. The number of aliphatic carboxylic acids is 1. The summed E-state index contributed by atoms with van der Waals surface area (Å²) in [6, 6.07) is 11.7. The zero-order valence-corrected chi connectivity index (χ0v) is 38.2. The standard InChI is InChI=1S/C42H58N2O15S3/c1-41(2,3)35-29-32(59-38-28-31(13-15-34(35)38)43(18-8-26-60(47,48)49)20-21-57-24-25-58-23-22-56-5)10-6-11-39-42(4,17-7-12-40(45)46)36-30-33(62(53,54)55)14-16-37(36)44(39)19-9-27-61(50,51)52/h6,10-11,13-16,28-30H,7-9,12,17-27H2,1-5H3,(H3-,45,46,47,48,49,50,51,52,53,54,55)/p+1. The van der Waals surface area contributed by atoms with Crippen molar-refractivity contribution < 1.29 is 67.4 Å². The lowest BCUT2D eigenvalue weighted by Gasteiger charge is -2.30. The topological polar surface area (TPSA) is 247 Å². The van der Waals surface area contributed by atoms with Crippen molar-refractivity contribution in [3.63, 3.8) is 0 Å². The Balaban J connectivity index is 1.81. The van der Waals surface area contributed by atoms with Gasteiger partial charge in [-0.1, -0.05) is 26.8 Å². The smallest absolute Gasteiger partial charge is 0.303 e. The highest BCUT2D eigenvalue weighted by atomic mass is 32.2.